The summed E-state index contributed by atoms with van der Waals surface area (Å²) in [6.45, 7) is 1.37. The Morgan fingerprint density at radius 1 is 1.25 bits per heavy atom. The fourth-order valence-corrected chi connectivity index (χ4v) is 3.75. The molecule has 1 aromatic heterocycles. The van der Waals surface area contributed by atoms with Gasteiger partial charge in [0.1, 0.15) is 0 Å². The van der Waals surface area contributed by atoms with Crippen molar-refractivity contribution in [2.75, 3.05) is 13.2 Å². The summed E-state index contributed by atoms with van der Waals surface area (Å²) >= 11 is 0. The van der Waals surface area contributed by atoms with E-state index in [0.29, 0.717) is 31.9 Å². The number of benzene rings is 1. The van der Waals surface area contributed by atoms with Crippen LogP contribution in [0.5, 0.6) is 0 Å². The average Bonchev–Trinajstić information content (AvgIpc) is 3.29. The third-order valence-electron chi connectivity index (χ3n) is 4.97. The molecule has 0 bridgehead atoms. The molecule has 1 saturated carbocycles. The number of aromatic nitrogens is 1. The number of amides is 1. The number of carbonyl (C=O) groups excluding carboxylic acids is 1. The van der Waals surface area contributed by atoms with Gasteiger partial charge in [-0.25, -0.2) is 4.98 Å². The number of morpholine rings is 1. The van der Waals surface area contributed by atoms with Crippen LogP contribution in [0.3, 0.4) is 0 Å². The minimum absolute atomic E-state index is 0.190. The normalized spacial score (nSPS) is 23.2. The Labute approximate surface area is 141 Å². The van der Waals surface area contributed by atoms with E-state index in [4.69, 9.17) is 9.15 Å². The number of aryl methyl sites for hydroxylation is 1. The lowest BCUT2D eigenvalue weighted by Gasteiger charge is -2.37. The second-order valence-electron chi connectivity index (χ2n) is 6.48. The van der Waals surface area contributed by atoms with Crippen molar-refractivity contribution in [1.82, 2.24) is 9.88 Å². The molecule has 2 aromatic rings. The van der Waals surface area contributed by atoms with Crippen LogP contribution >= 0.6 is 0 Å². The van der Waals surface area contributed by atoms with E-state index in [1.54, 1.807) is 6.20 Å². The van der Waals surface area contributed by atoms with E-state index in [-0.39, 0.29) is 18.1 Å². The highest BCUT2D eigenvalue weighted by molar-refractivity contribution is 5.77. The third-order valence-corrected chi connectivity index (χ3v) is 4.97. The summed E-state index contributed by atoms with van der Waals surface area (Å²) < 4.78 is 11.6. The van der Waals surface area contributed by atoms with E-state index < -0.39 is 0 Å². The van der Waals surface area contributed by atoms with E-state index in [1.165, 1.54) is 0 Å². The van der Waals surface area contributed by atoms with Gasteiger partial charge in [-0.05, 0) is 19.3 Å². The monoisotopic (exact) mass is 326 g/mol. The van der Waals surface area contributed by atoms with E-state index in [9.17, 15) is 4.79 Å². The molecule has 24 heavy (non-hydrogen) atoms. The molecule has 5 heteroatoms. The van der Waals surface area contributed by atoms with Crippen molar-refractivity contribution in [3.63, 3.8) is 0 Å². The molecule has 2 fully saturated rings. The molecule has 0 spiro atoms. The number of hydrogen-bond donors (Lipinski definition) is 0. The van der Waals surface area contributed by atoms with Gasteiger partial charge in [-0.3, -0.25) is 4.79 Å². The summed E-state index contributed by atoms with van der Waals surface area (Å²) in [6, 6.07) is 10.2. The molecule has 1 amide bonds. The van der Waals surface area contributed by atoms with Crippen molar-refractivity contribution in [3.8, 4) is 11.3 Å². The Bertz CT molecular complexity index is 698. The average molecular weight is 326 g/mol. The molecular weight excluding hydrogens is 304 g/mol. The smallest absolute Gasteiger partial charge is 0.223 e. The molecule has 1 aliphatic heterocycles. The highest BCUT2D eigenvalue weighted by atomic mass is 16.5. The SMILES string of the molecule is O=C(CCc1ncc(-c2ccccc2)o1)N1CCO[C@H]2CCC[C@@H]21. The molecule has 4 rings (SSSR count). The molecule has 0 radical (unpaired) electrons. The Hall–Kier alpha value is -2.14. The quantitative estimate of drug-likeness (QED) is 0.866. The maximum atomic E-state index is 12.6. The summed E-state index contributed by atoms with van der Waals surface area (Å²) in [5.74, 6) is 1.56. The largest absolute Gasteiger partial charge is 0.441 e. The van der Waals surface area contributed by atoms with Crippen molar-refractivity contribution >= 4 is 5.91 Å². The van der Waals surface area contributed by atoms with Gasteiger partial charge >= 0.3 is 0 Å². The van der Waals surface area contributed by atoms with Gasteiger partial charge in [-0.2, -0.15) is 0 Å². The van der Waals surface area contributed by atoms with Gasteiger partial charge in [0.25, 0.3) is 0 Å². The zero-order chi connectivity index (χ0) is 16.4. The van der Waals surface area contributed by atoms with Gasteiger partial charge in [0.15, 0.2) is 11.7 Å². The number of oxazole rings is 1. The van der Waals surface area contributed by atoms with Crippen LogP contribution in [-0.4, -0.2) is 41.1 Å². The minimum Gasteiger partial charge on any atom is -0.441 e. The number of ether oxygens (including phenoxy) is 1. The maximum absolute atomic E-state index is 12.6. The van der Waals surface area contributed by atoms with Gasteiger partial charge < -0.3 is 14.1 Å². The van der Waals surface area contributed by atoms with Gasteiger partial charge in [0.05, 0.1) is 24.9 Å². The molecular formula is C19H22N2O3. The van der Waals surface area contributed by atoms with Crippen LogP contribution < -0.4 is 0 Å². The van der Waals surface area contributed by atoms with Crippen LogP contribution in [0, 0.1) is 0 Å². The Morgan fingerprint density at radius 2 is 2.12 bits per heavy atom. The predicted molar refractivity (Wildman–Crippen MR) is 89.4 cm³/mol. The van der Waals surface area contributed by atoms with Crippen molar-refractivity contribution < 1.29 is 13.9 Å². The zero-order valence-corrected chi connectivity index (χ0v) is 13.7. The van der Waals surface area contributed by atoms with Crippen molar-refractivity contribution in [1.29, 1.82) is 0 Å². The van der Waals surface area contributed by atoms with Gasteiger partial charge in [0, 0.05) is 24.9 Å². The van der Waals surface area contributed by atoms with Gasteiger partial charge in [-0.15, -0.1) is 0 Å². The predicted octanol–water partition coefficient (Wildman–Crippen LogP) is 3.05. The first-order valence-corrected chi connectivity index (χ1v) is 8.72. The van der Waals surface area contributed by atoms with E-state index in [0.717, 1.165) is 30.6 Å². The molecule has 1 aliphatic carbocycles. The minimum atomic E-state index is 0.190. The molecule has 126 valence electrons. The van der Waals surface area contributed by atoms with Crippen LogP contribution in [0.15, 0.2) is 40.9 Å². The first-order chi connectivity index (χ1) is 11.8. The standard InChI is InChI=1S/C19H22N2O3/c22-19(21-11-12-23-16-8-4-7-15(16)21)10-9-18-20-13-17(24-18)14-5-2-1-3-6-14/h1-3,5-6,13,15-16H,4,7-12H2/t15-,16-/m0/s1. The van der Waals surface area contributed by atoms with Crippen LogP contribution in [0.25, 0.3) is 11.3 Å². The first kappa shape index (κ1) is 15.4. The Kier molecular flexibility index (Phi) is 4.34. The Morgan fingerprint density at radius 3 is 3.00 bits per heavy atom. The van der Waals surface area contributed by atoms with Crippen LogP contribution in [0.2, 0.25) is 0 Å². The molecule has 5 nitrogen and oxygen atoms in total. The fourth-order valence-electron chi connectivity index (χ4n) is 3.75. The maximum Gasteiger partial charge on any atom is 0.223 e. The molecule has 2 heterocycles. The van der Waals surface area contributed by atoms with Crippen LogP contribution in [0.1, 0.15) is 31.6 Å². The topological polar surface area (TPSA) is 55.6 Å². The zero-order valence-electron chi connectivity index (χ0n) is 13.7. The second-order valence-corrected chi connectivity index (χ2v) is 6.48. The highest BCUT2D eigenvalue weighted by Gasteiger charge is 2.38. The van der Waals surface area contributed by atoms with Crippen molar-refractivity contribution in [2.24, 2.45) is 0 Å². The number of rotatable bonds is 4. The molecule has 0 unspecified atom stereocenters. The molecule has 0 N–H and O–H groups in total. The third kappa shape index (κ3) is 3.08. The van der Waals surface area contributed by atoms with Gasteiger partial charge in [-0.1, -0.05) is 30.3 Å². The van der Waals surface area contributed by atoms with E-state index >= 15 is 0 Å². The Balaban J connectivity index is 1.37. The van der Waals surface area contributed by atoms with Gasteiger partial charge in [0.2, 0.25) is 5.91 Å². The number of nitrogens with zero attached hydrogens (tertiary/aromatic N) is 2. The number of fused-ring (bicyclic) bond motifs is 1. The second kappa shape index (κ2) is 6.77. The number of hydrogen-bond acceptors (Lipinski definition) is 4. The van der Waals surface area contributed by atoms with Crippen molar-refractivity contribution in [2.45, 2.75) is 44.2 Å². The molecule has 2 aliphatic rings. The first-order valence-electron chi connectivity index (χ1n) is 8.72. The summed E-state index contributed by atoms with van der Waals surface area (Å²) in [6.07, 6.45) is 6.26. The van der Waals surface area contributed by atoms with E-state index in [2.05, 4.69) is 4.98 Å². The highest BCUT2D eigenvalue weighted by Crippen LogP contribution is 2.30. The fraction of sp³-hybridized carbons (Fsp3) is 0.474. The lowest BCUT2D eigenvalue weighted by atomic mass is 10.1. The summed E-state index contributed by atoms with van der Waals surface area (Å²) in [7, 11) is 0. The lowest BCUT2D eigenvalue weighted by Crippen LogP contribution is -2.51. The lowest BCUT2D eigenvalue weighted by molar-refractivity contribution is -0.144. The summed E-state index contributed by atoms with van der Waals surface area (Å²) in [5, 5.41) is 0. The summed E-state index contributed by atoms with van der Waals surface area (Å²) in [5.41, 5.74) is 1.00. The van der Waals surface area contributed by atoms with Crippen LogP contribution in [-0.2, 0) is 16.0 Å². The molecule has 1 saturated heterocycles. The van der Waals surface area contributed by atoms with E-state index in [1.807, 2.05) is 35.2 Å². The van der Waals surface area contributed by atoms with Crippen LogP contribution in [0.4, 0.5) is 0 Å². The number of carbonyl (C=O) groups is 1. The molecule has 2 atom stereocenters. The molecule has 1 aromatic carbocycles. The summed E-state index contributed by atoms with van der Waals surface area (Å²) in [4.78, 5) is 18.9. The van der Waals surface area contributed by atoms with Crippen molar-refractivity contribution in [3.05, 3.63) is 42.4 Å².